The fourth-order valence-electron chi connectivity index (χ4n) is 3.30. The van der Waals surface area contributed by atoms with E-state index >= 15 is 0 Å². The predicted molar refractivity (Wildman–Crippen MR) is 108 cm³/mol. The van der Waals surface area contributed by atoms with Crippen LogP contribution in [0.25, 0.3) is 0 Å². The van der Waals surface area contributed by atoms with E-state index in [9.17, 15) is 0 Å². The van der Waals surface area contributed by atoms with Gasteiger partial charge in [0.15, 0.2) is 5.96 Å². The molecular formula is C19H30N6S. The summed E-state index contributed by atoms with van der Waals surface area (Å²) in [4.78, 5) is 5.73. The Balaban J connectivity index is 1.48. The Morgan fingerprint density at radius 3 is 2.92 bits per heavy atom. The van der Waals surface area contributed by atoms with Gasteiger partial charge in [-0.3, -0.25) is 4.99 Å². The standard InChI is InChI=1S/C19H30N6S/c1-19(2,15-8-7-13-26-15)14-22-18(20-3)21-11-10-17-24-23-16-9-5-4-6-12-25(16)17/h7-8,13H,4-6,9-12,14H2,1-3H3,(H2,20,21,22). The van der Waals surface area contributed by atoms with Crippen LogP contribution in [0.15, 0.2) is 22.5 Å². The van der Waals surface area contributed by atoms with Crippen molar-refractivity contribution in [3.05, 3.63) is 34.0 Å². The molecule has 0 saturated carbocycles. The van der Waals surface area contributed by atoms with Gasteiger partial charge in [0.2, 0.25) is 0 Å². The first-order chi connectivity index (χ1) is 12.6. The van der Waals surface area contributed by atoms with E-state index in [1.165, 1.54) is 24.1 Å². The second kappa shape index (κ2) is 8.66. The van der Waals surface area contributed by atoms with Crippen molar-refractivity contribution in [1.82, 2.24) is 25.4 Å². The van der Waals surface area contributed by atoms with Gasteiger partial charge in [0, 0.05) is 49.8 Å². The zero-order valence-corrected chi connectivity index (χ0v) is 16.9. The monoisotopic (exact) mass is 374 g/mol. The lowest BCUT2D eigenvalue weighted by Crippen LogP contribution is -2.43. The maximum absolute atomic E-state index is 4.40. The largest absolute Gasteiger partial charge is 0.356 e. The molecule has 0 aliphatic carbocycles. The number of nitrogens with one attached hydrogen (secondary N) is 2. The van der Waals surface area contributed by atoms with Crippen molar-refractivity contribution in [1.29, 1.82) is 0 Å². The summed E-state index contributed by atoms with van der Waals surface area (Å²) in [5.74, 6) is 3.08. The molecule has 2 aromatic rings. The zero-order chi connectivity index (χ0) is 18.4. The molecule has 2 N–H and O–H groups in total. The molecule has 26 heavy (non-hydrogen) atoms. The highest BCUT2D eigenvalue weighted by atomic mass is 32.1. The lowest BCUT2D eigenvalue weighted by Gasteiger charge is -2.25. The molecule has 0 unspecified atom stereocenters. The van der Waals surface area contributed by atoms with E-state index in [0.29, 0.717) is 0 Å². The van der Waals surface area contributed by atoms with Crippen LogP contribution in [0.3, 0.4) is 0 Å². The van der Waals surface area contributed by atoms with Gasteiger partial charge in [0.05, 0.1) is 0 Å². The SMILES string of the molecule is CN=C(NCCc1nnc2n1CCCCC2)NCC(C)(C)c1cccs1. The molecule has 0 spiro atoms. The summed E-state index contributed by atoms with van der Waals surface area (Å²) in [5, 5.41) is 17.8. The van der Waals surface area contributed by atoms with Gasteiger partial charge in [0.1, 0.15) is 11.6 Å². The average Bonchev–Trinajstić information content (AvgIpc) is 3.24. The fourth-order valence-corrected chi connectivity index (χ4v) is 4.15. The highest BCUT2D eigenvalue weighted by Gasteiger charge is 2.22. The molecule has 0 saturated heterocycles. The number of fused-ring (bicyclic) bond motifs is 1. The molecule has 2 aromatic heterocycles. The minimum atomic E-state index is 0.0795. The Bertz CT molecular complexity index is 716. The van der Waals surface area contributed by atoms with Gasteiger partial charge < -0.3 is 15.2 Å². The molecule has 142 valence electrons. The summed E-state index contributed by atoms with van der Waals surface area (Å²) in [5.41, 5.74) is 0.0795. The van der Waals surface area contributed by atoms with Crippen LogP contribution in [0.1, 0.15) is 49.6 Å². The first-order valence-electron chi connectivity index (χ1n) is 9.49. The number of aryl methyl sites for hydroxylation is 1. The van der Waals surface area contributed by atoms with E-state index in [2.05, 4.69) is 61.8 Å². The number of guanidine groups is 1. The average molecular weight is 375 g/mol. The Kier molecular flexibility index (Phi) is 6.29. The molecule has 7 heteroatoms. The maximum Gasteiger partial charge on any atom is 0.191 e. The Morgan fingerprint density at radius 2 is 2.15 bits per heavy atom. The lowest BCUT2D eigenvalue weighted by atomic mass is 9.91. The molecule has 1 aliphatic heterocycles. The highest BCUT2D eigenvalue weighted by Crippen LogP contribution is 2.26. The summed E-state index contributed by atoms with van der Waals surface area (Å²) in [6, 6.07) is 4.30. The summed E-state index contributed by atoms with van der Waals surface area (Å²) >= 11 is 1.80. The second-order valence-corrected chi connectivity index (χ2v) is 8.41. The highest BCUT2D eigenvalue weighted by molar-refractivity contribution is 7.10. The zero-order valence-electron chi connectivity index (χ0n) is 16.1. The number of rotatable bonds is 6. The van der Waals surface area contributed by atoms with Gasteiger partial charge in [-0.2, -0.15) is 0 Å². The maximum atomic E-state index is 4.40. The lowest BCUT2D eigenvalue weighted by molar-refractivity contribution is 0.518. The van der Waals surface area contributed by atoms with Crippen LogP contribution in [-0.2, 0) is 24.8 Å². The minimum Gasteiger partial charge on any atom is -0.356 e. The Hall–Kier alpha value is -1.89. The van der Waals surface area contributed by atoms with Crippen LogP contribution in [0.4, 0.5) is 0 Å². The Morgan fingerprint density at radius 1 is 1.27 bits per heavy atom. The van der Waals surface area contributed by atoms with Crippen LogP contribution in [0.2, 0.25) is 0 Å². The molecular weight excluding hydrogens is 344 g/mol. The molecule has 3 heterocycles. The number of hydrogen-bond acceptors (Lipinski definition) is 4. The molecule has 0 aromatic carbocycles. The van der Waals surface area contributed by atoms with Crippen LogP contribution < -0.4 is 10.6 Å². The van der Waals surface area contributed by atoms with Gasteiger partial charge in [-0.05, 0) is 24.3 Å². The van der Waals surface area contributed by atoms with E-state index in [-0.39, 0.29) is 5.41 Å². The number of aromatic nitrogens is 3. The number of aliphatic imine (C=N–C) groups is 1. The van der Waals surface area contributed by atoms with E-state index < -0.39 is 0 Å². The van der Waals surface area contributed by atoms with E-state index in [1.807, 2.05) is 7.05 Å². The second-order valence-electron chi connectivity index (χ2n) is 7.46. The van der Waals surface area contributed by atoms with Crippen LogP contribution in [-0.4, -0.2) is 40.9 Å². The molecule has 0 fully saturated rings. The molecule has 0 radical (unpaired) electrons. The number of thiophene rings is 1. The van der Waals surface area contributed by atoms with Gasteiger partial charge in [-0.15, -0.1) is 21.5 Å². The van der Waals surface area contributed by atoms with Gasteiger partial charge in [0.25, 0.3) is 0 Å². The topological polar surface area (TPSA) is 67.1 Å². The molecule has 1 aliphatic rings. The van der Waals surface area contributed by atoms with Gasteiger partial charge >= 0.3 is 0 Å². The van der Waals surface area contributed by atoms with Crippen molar-refractivity contribution in [3.63, 3.8) is 0 Å². The molecule has 0 atom stereocenters. The van der Waals surface area contributed by atoms with Crippen LogP contribution in [0, 0.1) is 0 Å². The first kappa shape index (κ1) is 18.9. The Labute approximate surface area is 160 Å². The number of hydrogen-bond donors (Lipinski definition) is 2. The summed E-state index contributed by atoms with van der Waals surface area (Å²) in [7, 11) is 1.82. The molecule has 3 rings (SSSR count). The van der Waals surface area contributed by atoms with Gasteiger partial charge in [-0.1, -0.05) is 26.3 Å². The van der Waals surface area contributed by atoms with Crippen molar-refractivity contribution in [2.24, 2.45) is 4.99 Å². The minimum absolute atomic E-state index is 0.0795. The molecule has 0 bridgehead atoms. The summed E-state index contributed by atoms with van der Waals surface area (Å²) < 4.78 is 2.31. The number of nitrogens with zero attached hydrogens (tertiary/aromatic N) is 4. The third-order valence-electron chi connectivity index (χ3n) is 4.94. The van der Waals surface area contributed by atoms with Gasteiger partial charge in [-0.25, -0.2) is 0 Å². The van der Waals surface area contributed by atoms with E-state index in [0.717, 1.165) is 50.1 Å². The van der Waals surface area contributed by atoms with Crippen molar-refractivity contribution in [3.8, 4) is 0 Å². The summed E-state index contributed by atoms with van der Waals surface area (Å²) in [6.45, 7) is 7.21. The normalized spacial score (nSPS) is 15.4. The van der Waals surface area contributed by atoms with Crippen molar-refractivity contribution < 1.29 is 0 Å². The van der Waals surface area contributed by atoms with Crippen LogP contribution in [0.5, 0.6) is 0 Å². The van der Waals surface area contributed by atoms with Crippen molar-refractivity contribution in [2.75, 3.05) is 20.1 Å². The molecule has 6 nitrogen and oxygen atoms in total. The summed E-state index contributed by atoms with van der Waals surface area (Å²) in [6.07, 6.45) is 5.67. The quantitative estimate of drug-likeness (QED) is 0.603. The predicted octanol–water partition coefficient (Wildman–Crippen LogP) is 2.75. The van der Waals surface area contributed by atoms with Crippen molar-refractivity contribution in [2.45, 2.75) is 57.9 Å². The smallest absolute Gasteiger partial charge is 0.191 e. The third-order valence-corrected chi connectivity index (χ3v) is 6.17. The van der Waals surface area contributed by atoms with Crippen LogP contribution >= 0.6 is 11.3 Å². The van der Waals surface area contributed by atoms with E-state index in [4.69, 9.17) is 0 Å². The third kappa shape index (κ3) is 4.63. The van der Waals surface area contributed by atoms with Crippen molar-refractivity contribution >= 4 is 17.3 Å². The molecule has 0 amide bonds. The fraction of sp³-hybridized carbons (Fsp3) is 0.632. The van der Waals surface area contributed by atoms with E-state index in [1.54, 1.807) is 11.3 Å². The first-order valence-corrected chi connectivity index (χ1v) is 10.4.